The van der Waals surface area contributed by atoms with Crippen LogP contribution in [0.5, 0.6) is 0 Å². The van der Waals surface area contributed by atoms with Crippen LogP contribution < -0.4 is 9.62 Å². The maximum atomic E-state index is 12.7. The largest absolute Gasteiger partial charge is 0.312 e. The molecule has 2 aliphatic rings. The van der Waals surface area contributed by atoms with E-state index in [1.165, 1.54) is 0 Å². The van der Waals surface area contributed by atoms with Gasteiger partial charge in [0.2, 0.25) is 15.9 Å². The monoisotopic (exact) mass is 336 g/mol. The SMILES string of the molecule is CCCS(=O)(=O)Nc1ccc2c(c1)N(C(=O)C1CCCC1)CC2. The number of anilines is 2. The number of amides is 1. The summed E-state index contributed by atoms with van der Waals surface area (Å²) in [5.74, 6) is 0.450. The normalized spacial score (nSPS) is 18.2. The van der Waals surface area contributed by atoms with Crippen molar-refractivity contribution >= 4 is 27.3 Å². The van der Waals surface area contributed by atoms with Gasteiger partial charge in [-0.15, -0.1) is 0 Å². The van der Waals surface area contributed by atoms with Crippen molar-refractivity contribution in [2.24, 2.45) is 5.92 Å². The lowest BCUT2D eigenvalue weighted by molar-refractivity contribution is -0.122. The third-order valence-corrected chi connectivity index (χ3v) is 6.19. The summed E-state index contributed by atoms with van der Waals surface area (Å²) in [6, 6.07) is 5.53. The minimum absolute atomic E-state index is 0.106. The van der Waals surface area contributed by atoms with Gasteiger partial charge in [-0.3, -0.25) is 9.52 Å². The molecule has 3 rings (SSSR count). The first kappa shape index (κ1) is 16.3. The average molecular weight is 336 g/mol. The molecule has 0 unspecified atom stereocenters. The third kappa shape index (κ3) is 3.52. The van der Waals surface area contributed by atoms with Crippen molar-refractivity contribution in [3.63, 3.8) is 0 Å². The second-order valence-electron chi connectivity index (χ2n) is 6.49. The Labute approximate surface area is 138 Å². The number of fused-ring (bicyclic) bond motifs is 1. The minimum atomic E-state index is -3.31. The van der Waals surface area contributed by atoms with Crippen molar-refractivity contribution in [2.45, 2.75) is 45.4 Å². The molecular weight excluding hydrogens is 312 g/mol. The molecule has 1 aliphatic carbocycles. The first-order valence-corrected chi connectivity index (χ1v) is 10.1. The number of rotatable bonds is 5. The standard InChI is InChI=1S/C17H24N2O3S/c1-2-11-23(21,22)18-15-8-7-13-9-10-19(16(13)12-15)17(20)14-5-3-4-6-14/h7-8,12,14,18H,2-6,9-11H2,1H3. The fourth-order valence-electron chi connectivity index (χ4n) is 3.56. The number of nitrogens with one attached hydrogen (secondary N) is 1. The lowest BCUT2D eigenvalue weighted by atomic mass is 10.1. The van der Waals surface area contributed by atoms with Crippen LogP contribution in [-0.2, 0) is 21.2 Å². The molecule has 1 aromatic rings. The van der Waals surface area contributed by atoms with Crippen LogP contribution in [-0.4, -0.2) is 26.6 Å². The van der Waals surface area contributed by atoms with E-state index >= 15 is 0 Å². The zero-order valence-electron chi connectivity index (χ0n) is 13.5. The van der Waals surface area contributed by atoms with Gasteiger partial charge in [0.25, 0.3) is 0 Å². The highest BCUT2D eigenvalue weighted by molar-refractivity contribution is 7.92. The van der Waals surface area contributed by atoms with Gasteiger partial charge < -0.3 is 4.90 Å². The fraction of sp³-hybridized carbons (Fsp3) is 0.588. The Morgan fingerprint density at radius 3 is 2.74 bits per heavy atom. The lowest BCUT2D eigenvalue weighted by Crippen LogP contribution is -2.33. The number of hydrogen-bond acceptors (Lipinski definition) is 3. The lowest BCUT2D eigenvalue weighted by Gasteiger charge is -2.21. The van der Waals surface area contributed by atoms with Crippen LogP contribution in [0.3, 0.4) is 0 Å². The van der Waals surface area contributed by atoms with Gasteiger partial charge in [-0.05, 0) is 43.4 Å². The third-order valence-electron chi connectivity index (χ3n) is 4.70. The highest BCUT2D eigenvalue weighted by Gasteiger charge is 2.32. The van der Waals surface area contributed by atoms with E-state index < -0.39 is 10.0 Å². The Hall–Kier alpha value is -1.56. The van der Waals surface area contributed by atoms with E-state index in [9.17, 15) is 13.2 Å². The molecule has 0 spiro atoms. The van der Waals surface area contributed by atoms with Gasteiger partial charge in [0.15, 0.2) is 0 Å². The fourth-order valence-corrected chi connectivity index (χ4v) is 4.69. The Morgan fingerprint density at radius 2 is 2.04 bits per heavy atom. The molecule has 23 heavy (non-hydrogen) atoms. The number of sulfonamides is 1. The number of hydrogen-bond donors (Lipinski definition) is 1. The molecule has 1 fully saturated rings. The molecule has 1 aromatic carbocycles. The molecule has 0 bridgehead atoms. The van der Waals surface area contributed by atoms with E-state index in [4.69, 9.17) is 0 Å². The molecule has 1 amide bonds. The molecule has 0 aromatic heterocycles. The van der Waals surface area contributed by atoms with Crippen molar-refractivity contribution in [3.05, 3.63) is 23.8 Å². The van der Waals surface area contributed by atoms with E-state index in [1.807, 2.05) is 24.0 Å². The zero-order chi connectivity index (χ0) is 16.4. The predicted molar refractivity (Wildman–Crippen MR) is 92.2 cm³/mol. The number of benzene rings is 1. The Morgan fingerprint density at radius 1 is 1.30 bits per heavy atom. The Bertz CT molecular complexity index is 694. The van der Waals surface area contributed by atoms with Gasteiger partial charge >= 0.3 is 0 Å². The molecule has 5 nitrogen and oxygen atoms in total. The summed E-state index contributed by atoms with van der Waals surface area (Å²) in [5.41, 5.74) is 2.54. The minimum Gasteiger partial charge on any atom is -0.312 e. The number of nitrogens with zero attached hydrogens (tertiary/aromatic N) is 1. The molecule has 0 atom stereocenters. The topological polar surface area (TPSA) is 66.5 Å². The van der Waals surface area contributed by atoms with Crippen molar-refractivity contribution < 1.29 is 13.2 Å². The summed E-state index contributed by atoms with van der Waals surface area (Å²) in [6.07, 6.45) is 5.64. The van der Waals surface area contributed by atoms with Gasteiger partial charge in [-0.25, -0.2) is 8.42 Å². The molecular formula is C17H24N2O3S. The van der Waals surface area contributed by atoms with E-state index in [1.54, 1.807) is 6.07 Å². The summed E-state index contributed by atoms with van der Waals surface area (Å²) < 4.78 is 26.5. The second kappa shape index (κ2) is 6.51. The van der Waals surface area contributed by atoms with Gasteiger partial charge in [0.1, 0.15) is 0 Å². The quantitative estimate of drug-likeness (QED) is 0.899. The van der Waals surface area contributed by atoms with E-state index in [-0.39, 0.29) is 17.6 Å². The smallest absolute Gasteiger partial charge is 0.232 e. The van der Waals surface area contributed by atoms with Gasteiger partial charge in [-0.1, -0.05) is 25.8 Å². The number of carbonyl (C=O) groups excluding carboxylic acids is 1. The van der Waals surface area contributed by atoms with Crippen LogP contribution in [0.15, 0.2) is 18.2 Å². The average Bonchev–Trinajstić information content (AvgIpc) is 3.15. The van der Waals surface area contributed by atoms with Crippen LogP contribution in [0.1, 0.15) is 44.6 Å². The van der Waals surface area contributed by atoms with Crippen LogP contribution >= 0.6 is 0 Å². The highest BCUT2D eigenvalue weighted by atomic mass is 32.2. The molecule has 6 heteroatoms. The maximum absolute atomic E-state index is 12.7. The molecule has 126 valence electrons. The molecule has 1 saturated carbocycles. The maximum Gasteiger partial charge on any atom is 0.232 e. The zero-order valence-corrected chi connectivity index (χ0v) is 14.4. The molecule has 1 aliphatic heterocycles. The van der Waals surface area contributed by atoms with E-state index in [0.29, 0.717) is 18.7 Å². The van der Waals surface area contributed by atoms with Crippen LogP contribution in [0.2, 0.25) is 0 Å². The van der Waals surface area contributed by atoms with Gasteiger partial charge in [-0.2, -0.15) is 0 Å². The highest BCUT2D eigenvalue weighted by Crippen LogP contribution is 2.35. The van der Waals surface area contributed by atoms with Gasteiger partial charge in [0, 0.05) is 18.2 Å². The summed E-state index contributed by atoms with van der Waals surface area (Å²) in [5, 5.41) is 0. The van der Waals surface area contributed by atoms with Crippen molar-refractivity contribution in [1.29, 1.82) is 0 Å². The Kier molecular flexibility index (Phi) is 4.62. The van der Waals surface area contributed by atoms with Gasteiger partial charge in [0.05, 0.1) is 11.4 Å². The Balaban J connectivity index is 1.81. The summed E-state index contributed by atoms with van der Waals surface area (Å²) in [7, 11) is -3.31. The number of carbonyl (C=O) groups is 1. The van der Waals surface area contributed by atoms with E-state index in [2.05, 4.69) is 4.72 Å². The van der Waals surface area contributed by atoms with Crippen LogP contribution in [0, 0.1) is 5.92 Å². The molecule has 0 radical (unpaired) electrons. The van der Waals surface area contributed by atoms with Crippen LogP contribution in [0.4, 0.5) is 11.4 Å². The first-order chi connectivity index (χ1) is 11.0. The van der Waals surface area contributed by atoms with Crippen molar-refractivity contribution in [2.75, 3.05) is 21.9 Å². The van der Waals surface area contributed by atoms with Crippen LogP contribution in [0.25, 0.3) is 0 Å². The summed E-state index contributed by atoms with van der Waals surface area (Å²) in [4.78, 5) is 14.5. The van der Waals surface area contributed by atoms with Crippen molar-refractivity contribution in [1.82, 2.24) is 0 Å². The molecule has 1 N–H and O–H groups in total. The molecule has 0 saturated heterocycles. The summed E-state index contributed by atoms with van der Waals surface area (Å²) in [6.45, 7) is 2.54. The van der Waals surface area contributed by atoms with E-state index in [0.717, 1.165) is 43.4 Å². The summed E-state index contributed by atoms with van der Waals surface area (Å²) >= 11 is 0. The molecule has 1 heterocycles. The second-order valence-corrected chi connectivity index (χ2v) is 8.33. The van der Waals surface area contributed by atoms with Crippen molar-refractivity contribution in [3.8, 4) is 0 Å². The predicted octanol–water partition coefficient (Wildman–Crippen LogP) is 2.92. The first-order valence-electron chi connectivity index (χ1n) is 8.45.